The molecule has 0 aliphatic carbocycles. The minimum atomic E-state index is 0.128. The summed E-state index contributed by atoms with van der Waals surface area (Å²) >= 11 is 0. The van der Waals surface area contributed by atoms with Gasteiger partial charge in [0.15, 0.2) is 0 Å². The summed E-state index contributed by atoms with van der Waals surface area (Å²) in [6, 6.07) is 14.6. The highest BCUT2D eigenvalue weighted by molar-refractivity contribution is 6.04. The number of nitrogens with zero attached hydrogens (tertiary/aromatic N) is 3. The van der Waals surface area contributed by atoms with Crippen LogP contribution < -0.4 is 9.80 Å². The van der Waals surface area contributed by atoms with Crippen molar-refractivity contribution in [2.45, 2.75) is 13.8 Å². The number of likely N-dealkylation sites (N-methyl/N-ethyl adjacent to an activating group) is 2. The Kier molecular flexibility index (Phi) is 3.99. The highest BCUT2D eigenvalue weighted by atomic mass is 16.2. The number of aromatic nitrogens is 2. The topological polar surface area (TPSA) is 52.2 Å². The third-order valence-electron chi connectivity index (χ3n) is 4.89. The van der Waals surface area contributed by atoms with E-state index in [9.17, 15) is 4.79 Å². The summed E-state index contributed by atoms with van der Waals surface area (Å²) in [5.41, 5.74) is 7.23. The molecular weight excluding hydrogens is 324 g/mol. The first-order valence-electron chi connectivity index (χ1n) is 8.85. The minimum absolute atomic E-state index is 0.128. The standard InChI is InChI=1S/C21H22N4O/c1-4-25-18-11-16(8-9-17(18)24(3)12-19(25)26)21-20(22-13-23-21)15-7-5-6-14(2)10-15/h5-11,13H,4,12H2,1-3H3,(H,22,23). The van der Waals surface area contributed by atoms with E-state index in [0.717, 1.165) is 33.9 Å². The van der Waals surface area contributed by atoms with E-state index in [-0.39, 0.29) is 5.91 Å². The fourth-order valence-electron chi connectivity index (χ4n) is 3.60. The van der Waals surface area contributed by atoms with E-state index in [4.69, 9.17) is 0 Å². The van der Waals surface area contributed by atoms with Gasteiger partial charge >= 0.3 is 0 Å². The number of H-pyrrole nitrogens is 1. The molecule has 0 saturated carbocycles. The van der Waals surface area contributed by atoms with Crippen LogP contribution >= 0.6 is 0 Å². The van der Waals surface area contributed by atoms with Gasteiger partial charge in [0.05, 0.1) is 35.6 Å². The van der Waals surface area contributed by atoms with E-state index in [2.05, 4.69) is 53.3 Å². The van der Waals surface area contributed by atoms with Crippen LogP contribution in [0.4, 0.5) is 11.4 Å². The molecule has 26 heavy (non-hydrogen) atoms. The van der Waals surface area contributed by atoms with Crippen molar-refractivity contribution in [3.63, 3.8) is 0 Å². The number of carbonyl (C=O) groups is 1. The van der Waals surface area contributed by atoms with Gasteiger partial charge in [0.2, 0.25) is 5.91 Å². The summed E-state index contributed by atoms with van der Waals surface area (Å²) in [6.45, 7) is 5.17. The van der Waals surface area contributed by atoms with Crippen molar-refractivity contribution in [2.75, 3.05) is 29.9 Å². The number of hydrogen-bond donors (Lipinski definition) is 1. The number of hydrogen-bond acceptors (Lipinski definition) is 3. The molecule has 1 aliphatic rings. The van der Waals surface area contributed by atoms with Crippen molar-refractivity contribution in [1.29, 1.82) is 0 Å². The van der Waals surface area contributed by atoms with Gasteiger partial charge < -0.3 is 14.8 Å². The van der Waals surface area contributed by atoms with E-state index in [1.165, 1.54) is 5.56 Å². The number of carbonyl (C=O) groups excluding carboxylic acids is 1. The predicted octanol–water partition coefficient (Wildman–Crippen LogP) is 3.85. The first-order valence-corrected chi connectivity index (χ1v) is 8.85. The molecule has 2 heterocycles. The van der Waals surface area contributed by atoms with Crippen molar-refractivity contribution in [1.82, 2.24) is 9.97 Å². The van der Waals surface area contributed by atoms with Gasteiger partial charge in [-0.25, -0.2) is 4.98 Å². The van der Waals surface area contributed by atoms with Crippen molar-refractivity contribution in [2.24, 2.45) is 0 Å². The Bertz CT molecular complexity index is 976. The molecular formula is C21H22N4O. The maximum absolute atomic E-state index is 12.4. The van der Waals surface area contributed by atoms with Gasteiger partial charge in [-0.15, -0.1) is 0 Å². The van der Waals surface area contributed by atoms with Crippen LogP contribution in [0, 0.1) is 6.92 Å². The highest BCUT2D eigenvalue weighted by Gasteiger charge is 2.27. The normalized spacial score (nSPS) is 13.9. The van der Waals surface area contributed by atoms with Crippen LogP contribution in [0.3, 0.4) is 0 Å². The molecule has 1 aliphatic heterocycles. The molecule has 0 radical (unpaired) electrons. The van der Waals surface area contributed by atoms with Crippen LogP contribution in [0.2, 0.25) is 0 Å². The second-order valence-electron chi connectivity index (χ2n) is 6.69. The Labute approximate surface area is 153 Å². The van der Waals surface area contributed by atoms with Gasteiger partial charge in [-0.05, 0) is 32.0 Å². The average molecular weight is 346 g/mol. The summed E-state index contributed by atoms with van der Waals surface area (Å²) < 4.78 is 0. The van der Waals surface area contributed by atoms with Crippen LogP contribution in [-0.4, -0.2) is 36.0 Å². The number of fused-ring (bicyclic) bond motifs is 1. The molecule has 2 aromatic carbocycles. The Balaban J connectivity index is 1.83. The molecule has 3 aromatic rings. The third kappa shape index (κ3) is 2.65. The lowest BCUT2D eigenvalue weighted by Gasteiger charge is -2.35. The van der Waals surface area contributed by atoms with E-state index >= 15 is 0 Å². The van der Waals surface area contributed by atoms with Crippen molar-refractivity contribution in [3.05, 3.63) is 54.4 Å². The smallest absolute Gasteiger partial charge is 0.246 e. The van der Waals surface area contributed by atoms with E-state index < -0.39 is 0 Å². The average Bonchev–Trinajstić information content (AvgIpc) is 3.11. The fourth-order valence-corrected chi connectivity index (χ4v) is 3.60. The number of imidazole rings is 1. The second kappa shape index (κ2) is 6.33. The summed E-state index contributed by atoms with van der Waals surface area (Å²) in [5.74, 6) is 0.128. The lowest BCUT2D eigenvalue weighted by molar-refractivity contribution is -0.117. The number of rotatable bonds is 3. The number of benzene rings is 2. The number of anilines is 2. The van der Waals surface area contributed by atoms with Gasteiger partial charge in [-0.2, -0.15) is 0 Å². The number of nitrogens with one attached hydrogen (secondary N) is 1. The Morgan fingerprint density at radius 1 is 1.12 bits per heavy atom. The van der Waals surface area contributed by atoms with E-state index in [0.29, 0.717) is 13.1 Å². The maximum atomic E-state index is 12.4. The van der Waals surface area contributed by atoms with Crippen LogP contribution in [0.5, 0.6) is 0 Å². The molecule has 1 aromatic heterocycles. The number of amides is 1. The Hall–Kier alpha value is -3.08. The zero-order chi connectivity index (χ0) is 18.3. The summed E-state index contributed by atoms with van der Waals surface area (Å²) in [5, 5.41) is 0. The van der Waals surface area contributed by atoms with Crippen LogP contribution in [0.15, 0.2) is 48.8 Å². The first-order chi connectivity index (χ1) is 12.6. The van der Waals surface area contributed by atoms with Crippen LogP contribution in [0.25, 0.3) is 22.5 Å². The van der Waals surface area contributed by atoms with Crippen LogP contribution in [0.1, 0.15) is 12.5 Å². The zero-order valence-electron chi connectivity index (χ0n) is 15.3. The molecule has 0 unspecified atom stereocenters. The first kappa shape index (κ1) is 16.4. The number of aromatic amines is 1. The van der Waals surface area contributed by atoms with Crippen molar-refractivity contribution in [3.8, 4) is 22.5 Å². The minimum Gasteiger partial charge on any atom is -0.364 e. The molecule has 0 saturated heterocycles. The molecule has 5 nitrogen and oxygen atoms in total. The molecule has 132 valence electrons. The van der Waals surface area contributed by atoms with Gasteiger partial charge in [0.25, 0.3) is 0 Å². The summed E-state index contributed by atoms with van der Waals surface area (Å²) in [6.07, 6.45) is 1.72. The SMILES string of the molecule is CCN1C(=O)CN(C)c2ccc(-c3[nH]cnc3-c3cccc(C)c3)cc21. The lowest BCUT2D eigenvalue weighted by Crippen LogP contribution is -2.44. The molecule has 0 spiro atoms. The molecule has 5 heteroatoms. The van der Waals surface area contributed by atoms with E-state index in [1.54, 1.807) is 6.33 Å². The molecule has 1 amide bonds. The Morgan fingerprint density at radius 3 is 2.73 bits per heavy atom. The van der Waals surface area contributed by atoms with Gasteiger partial charge in [0.1, 0.15) is 0 Å². The second-order valence-corrected chi connectivity index (χ2v) is 6.69. The van der Waals surface area contributed by atoms with Crippen LogP contribution in [-0.2, 0) is 4.79 Å². The summed E-state index contributed by atoms with van der Waals surface area (Å²) in [7, 11) is 1.96. The monoisotopic (exact) mass is 346 g/mol. The van der Waals surface area contributed by atoms with Gasteiger partial charge in [-0.1, -0.05) is 29.8 Å². The zero-order valence-corrected chi connectivity index (χ0v) is 15.3. The van der Waals surface area contributed by atoms with Crippen molar-refractivity contribution < 1.29 is 4.79 Å². The fraction of sp³-hybridized carbons (Fsp3) is 0.238. The third-order valence-corrected chi connectivity index (χ3v) is 4.89. The molecule has 1 N–H and O–H groups in total. The molecule has 0 fully saturated rings. The lowest BCUT2D eigenvalue weighted by atomic mass is 10.0. The quantitative estimate of drug-likeness (QED) is 0.783. The predicted molar refractivity (Wildman–Crippen MR) is 105 cm³/mol. The van der Waals surface area contributed by atoms with Crippen molar-refractivity contribution >= 4 is 17.3 Å². The highest BCUT2D eigenvalue weighted by Crippen LogP contribution is 2.38. The largest absolute Gasteiger partial charge is 0.364 e. The Morgan fingerprint density at radius 2 is 1.96 bits per heavy atom. The van der Waals surface area contributed by atoms with E-state index in [1.807, 2.05) is 29.8 Å². The molecule has 4 rings (SSSR count). The summed E-state index contributed by atoms with van der Waals surface area (Å²) in [4.78, 5) is 24.0. The maximum Gasteiger partial charge on any atom is 0.246 e. The molecule has 0 bridgehead atoms. The molecule has 0 atom stereocenters. The van der Waals surface area contributed by atoms with Gasteiger partial charge in [-0.3, -0.25) is 4.79 Å². The number of aryl methyl sites for hydroxylation is 1. The van der Waals surface area contributed by atoms with Gasteiger partial charge in [0, 0.05) is 24.7 Å².